The second kappa shape index (κ2) is 4.12. The van der Waals surface area contributed by atoms with E-state index in [2.05, 4.69) is 12.6 Å². The van der Waals surface area contributed by atoms with E-state index in [1.54, 1.807) is 0 Å². The van der Waals surface area contributed by atoms with Crippen molar-refractivity contribution >= 4 is 18.5 Å². The van der Waals surface area contributed by atoms with Crippen LogP contribution in [0.25, 0.3) is 0 Å². The highest BCUT2D eigenvalue weighted by Crippen LogP contribution is 2.35. The predicted octanol–water partition coefficient (Wildman–Crippen LogP) is 1.23. The molecule has 0 bridgehead atoms. The fraction of sp³-hybridized carbons (Fsp3) is 0.800. The van der Waals surface area contributed by atoms with Gasteiger partial charge in [-0.15, -0.1) is 0 Å². The van der Waals surface area contributed by atoms with Gasteiger partial charge in [0, 0.05) is 12.3 Å². The number of hydrogen-bond acceptors (Lipinski definition) is 2. The molecule has 1 amide bonds. The van der Waals surface area contributed by atoms with Gasteiger partial charge in [-0.05, 0) is 0 Å². The van der Waals surface area contributed by atoms with Gasteiger partial charge in [-0.1, -0.05) is 0 Å². The Balaban J connectivity index is 4.37. The Morgan fingerprint density at radius 3 is 2.00 bits per heavy atom. The van der Waals surface area contributed by atoms with Crippen LogP contribution in [0.5, 0.6) is 0 Å². The van der Waals surface area contributed by atoms with Crippen LogP contribution in [0.4, 0.5) is 22.0 Å². The van der Waals surface area contributed by atoms with Gasteiger partial charge in [-0.3, -0.25) is 4.79 Å². The monoisotopic (exact) mass is 223 g/mol. The number of thiol groups is 1. The predicted molar refractivity (Wildman–Crippen MR) is 37.9 cm³/mol. The van der Waals surface area contributed by atoms with E-state index < -0.39 is 18.0 Å². The molecule has 0 spiro atoms. The molecule has 0 radical (unpaired) electrons. The number of nitrogens with one attached hydrogen (secondary N) is 1. The summed E-state index contributed by atoms with van der Waals surface area (Å²) >= 11 is 3.52. The molecule has 0 atom stereocenters. The summed E-state index contributed by atoms with van der Waals surface area (Å²) in [5.41, 5.74) is 0. The highest BCUT2D eigenvalue weighted by molar-refractivity contribution is 7.80. The number of carbonyl (C=O) groups excluding carboxylic acids is 1. The van der Waals surface area contributed by atoms with Crippen molar-refractivity contribution in [3.63, 3.8) is 0 Å². The van der Waals surface area contributed by atoms with Crippen molar-refractivity contribution in [3.8, 4) is 0 Å². The molecule has 0 aliphatic rings. The average Bonchev–Trinajstić information content (AvgIpc) is 1.97. The van der Waals surface area contributed by atoms with Gasteiger partial charge in [0.1, 0.15) is 0 Å². The van der Waals surface area contributed by atoms with Crippen molar-refractivity contribution in [2.75, 3.05) is 12.3 Å². The molecule has 1 N–H and O–H groups in total. The maximum Gasteiger partial charge on any atom is 0.463 e. The fourth-order valence-corrected chi connectivity index (χ4v) is 0.521. The number of carbonyl (C=O) groups is 1. The van der Waals surface area contributed by atoms with E-state index >= 15 is 0 Å². The highest BCUT2D eigenvalue weighted by atomic mass is 32.1. The summed E-state index contributed by atoms with van der Waals surface area (Å²) in [7, 11) is 0. The van der Waals surface area contributed by atoms with E-state index in [4.69, 9.17) is 0 Å². The van der Waals surface area contributed by atoms with Gasteiger partial charge in [0.2, 0.25) is 0 Å². The van der Waals surface area contributed by atoms with Crippen LogP contribution in [0.1, 0.15) is 0 Å². The third-order valence-corrected chi connectivity index (χ3v) is 1.26. The first kappa shape index (κ1) is 12.5. The van der Waals surface area contributed by atoms with Gasteiger partial charge in [-0.25, -0.2) is 0 Å². The van der Waals surface area contributed by atoms with Crippen LogP contribution in [0, 0.1) is 0 Å². The minimum atomic E-state index is -5.85. The minimum Gasteiger partial charge on any atom is -0.350 e. The molecule has 0 unspecified atom stereocenters. The highest BCUT2D eigenvalue weighted by Gasteiger charge is 2.63. The fourth-order valence-electron chi connectivity index (χ4n) is 0.409. The van der Waals surface area contributed by atoms with Crippen LogP contribution < -0.4 is 5.32 Å². The molecule has 13 heavy (non-hydrogen) atoms. The minimum absolute atomic E-state index is 0.0142. The summed E-state index contributed by atoms with van der Waals surface area (Å²) in [6, 6.07) is 0. The van der Waals surface area contributed by atoms with Crippen molar-refractivity contribution in [1.82, 2.24) is 5.32 Å². The number of halogens is 5. The second-order valence-corrected chi connectivity index (χ2v) is 2.50. The van der Waals surface area contributed by atoms with Crippen LogP contribution in [0.2, 0.25) is 0 Å². The van der Waals surface area contributed by atoms with E-state index in [9.17, 15) is 26.7 Å². The molecular formula is C5H6F5NOS. The first-order valence-electron chi connectivity index (χ1n) is 3.07. The van der Waals surface area contributed by atoms with Crippen LogP contribution in [0.3, 0.4) is 0 Å². The largest absolute Gasteiger partial charge is 0.463 e. The molecule has 0 heterocycles. The summed E-state index contributed by atoms with van der Waals surface area (Å²) in [6.07, 6.45) is -5.85. The van der Waals surface area contributed by atoms with E-state index in [1.165, 1.54) is 5.32 Å². The molecule has 78 valence electrons. The number of hydrogen-bond donors (Lipinski definition) is 2. The molecule has 0 rings (SSSR count). The summed E-state index contributed by atoms with van der Waals surface area (Å²) in [4.78, 5) is 10.3. The van der Waals surface area contributed by atoms with E-state index in [0.717, 1.165) is 0 Å². The van der Waals surface area contributed by atoms with Gasteiger partial charge in [0.25, 0.3) is 5.91 Å². The molecule has 0 saturated heterocycles. The lowest BCUT2D eigenvalue weighted by molar-refractivity contribution is -0.269. The van der Waals surface area contributed by atoms with Crippen molar-refractivity contribution in [2.45, 2.75) is 12.1 Å². The summed E-state index contributed by atoms with van der Waals surface area (Å²) in [6.45, 7) is -0.340. The Hall–Kier alpha value is -0.530. The first-order chi connectivity index (χ1) is 5.73. The first-order valence-corrected chi connectivity index (χ1v) is 3.70. The Morgan fingerprint density at radius 2 is 1.69 bits per heavy atom. The van der Waals surface area contributed by atoms with Crippen LogP contribution in [-0.2, 0) is 4.79 Å². The van der Waals surface area contributed by atoms with Crippen molar-refractivity contribution in [1.29, 1.82) is 0 Å². The molecule has 8 heteroatoms. The molecule has 0 saturated carbocycles. The summed E-state index contributed by atoms with van der Waals surface area (Å²) in [5.74, 6) is -7.70. The zero-order chi connectivity index (χ0) is 10.7. The van der Waals surface area contributed by atoms with Gasteiger partial charge >= 0.3 is 12.1 Å². The average molecular weight is 223 g/mol. The molecule has 0 aromatic rings. The number of rotatable bonds is 3. The third-order valence-electron chi connectivity index (χ3n) is 1.04. The Morgan fingerprint density at radius 1 is 1.23 bits per heavy atom. The normalized spacial score (nSPS) is 12.8. The maximum atomic E-state index is 12.1. The zero-order valence-electron chi connectivity index (χ0n) is 6.16. The van der Waals surface area contributed by atoms with E-state index in [-0.39, 0.29) is 12.3 Å². The lowest BCUT2D eigenvalue weighted by Gasteiger charge is -2.18. The van der Waals surface area contributed by atoms with Crippen molar-refractivity contribution in [3.05, 3.63) is 0 Å². The molecule has 0 fully saturated rings. The maximum absolute atomic E-state index is 12.1. The SMILES string of the molecule is O=C(NCCS)C(F)(F)C(F)(F)F. The van der Waals surface area contributed by atoms with E-state index in [1.807, 2.05) is 0 Å². The summed E-state index contributed by atoms with van der Waals surface area (Å²) in [5, 5.41) is 1.39. The number of alkyl halides is 5. The third kappa shape index (κ3) is 3.02. The van der Waals surface area contributed by atoms with Gasteiger partial charge in [-0.2, -0.15) is 34.6 Å². The zero-order valence-corrected chi connectivity index (χ0v) is 7.05. The molecular weight excluding hydrogens is 217 g/mol. The Bertz CT molecular complexity index is 192. The van der Waals surface area contributed by atoms with Gasteiger partial charge < -0.3 is 5.32 Å². The van der Waals surface area contributed by atoms with E-state index in [0.29, 0.717) is 0 Å². The van der Waals surface area contributed by atoms with Crippen molar-refractivity contribution < 1.29 is 26.7 Å². The molecule has 0 aliphatic heterocycles. The van der Waals surface area contributed by atoms with Gasteiger partial charge in [0.05, 0.1) is 0 Å². The summed E-state index contributed by atoms with van der Waals surface area (Å²) < 4.78 is 58.6. The molecule has 0 aromatic carbocycles. The standard InChI is InChI=1S/C5H6F5NOS/c6-4(7,5(8,9)10)3(12)11-1-2-13/h13H,1-2H2,(H,11,12). The molecule has 2 nitrogen and oxygen atoms in total. The Labute approximate surface area is 75.9 Å². The molecule has 0 aromatic heterocycles. The number of amides is 1. The Kier molecular flexibility index (Phi) is 3.95. The van der Waals surface area contributed by atoms with Crippen molar-refractivity contribution in [2.24, 2.45) is 0 Å². The lowest BCUT2D eigenvalue weighted by atomic mass is 10.3. The lowest BCUT2D eigenvalue weighted by Crippen LogP contribution is -2.50. The van der Waals surface area contributed by atoms with Crippen LogP contribution in [0.15, 0.2) is 0 Å². The molecule has 0 aliphatic carbocycles. The van der Waals surface area contributed by atoms with Crippen LogP contribution in [-0.4, -0.2) is 30.3 Å². The quantitative estimate of drug-likeness (QED) is 0.547. The second-order valence-electron chi connectivity index (χ2n) is 2.05. The smallest absolute Gasteiger partial charge is 0.350 e. The topological polar surface area (TPSA) is 29.1 Å². The van der Waals surface area contributed by atoms with Crippen LogP contribution >= 0.6 is 12.6 Å². The van der Waals surface area contributed by atoms with Gasteiger partial charge in [0.15, 0.2) is 0 Å².